The average molecular weight is 283 g/mol. The van der Waals surface area contributed by atoms with E-state index in [0.717, 1.165) is 26.2 Å². The molecule has 0 radical (unpaired) electrons. The molecule has 20 heavy (non-hydrogen) atoms. The third-order valence-electron chi connectivity index (χ3n) is 4.45. The van der Waals surface area contributed by atoms with Crippen LogP contribution in [0, 0.1) is 5.92 Å². The van der Waals surface area contributed by atoms with E-state index in [1.54, 1.807) is 0 Å². The van der Waals surface area contributed by atoms with Crippen LogP contribution in [-0.2, 0) is 9.53 Å². The Morgan fingerprint density at radius 1 is 1.25 bits per heavy atom. The lowest BCUT2D eigenvalue weighted by molar-refractivity contribution is -0.137. The van der Waals surface area contributed by atoms with Crippen molar-refractivity contribution in [1.29, 1.82) is 0 Å². The molecule has 0 saturated carbocycles. The van der Waals surface area contributed by atoms with Crippen molar-refractivity contribution >= 4 is 5.91 Å². The van der Waals surface area contributed by atoms with Crippen LogP contribution in [-0.4, -0.2) is 73.7 Å². The van der Waals surface area contributed by atoms with E-state index in [-0.39, 0.29) is 11.9 Å². The number of carbonyl (C=O) groups excluding carboxylic acids is 1. The Bertz CT molecular complexity index is 316. The number of rotatable bonds is 5. The van der Waals surface area contributed by atoms with E-state index in [9.17, 15) is 4.79 Å². The van der Waals surface area contributed by atoms with Gasteiger partial charge in [0, 0.05) is 25.7 Å². The zero-order chi connectivity index (χ0) is 14.5. The van der Waals surface area contributed by atoms with Crippen molar-refractivity contribution in [3.05, 3.63) is 0 Å². The minimum absolute atomic E-state index is 0.0822. The van der Waals surface area contributed by atoms with E-state index >= 15 is 0 Å². The highest BCUT2D eigenvalue weighted by Crippen LogP contribution is 2.17. The van der Waals surface area contributed by atoms with Crippen molar-refractivity contribution in [2.24, 2.45) is 5.92 Å². The van der Waals surface area contributed by atoms with Crippen molar-refractivity contribution in [2.75, 3.05) is 45.9 Å². The van der Waals surface area contributed by atoms with Crippen LogP contribution >= 0.6 is 0 Å². The summed E-state index contributed by atoms with van der Waals surface area (Å²) in [6.07, 6.45) is 1.24. The Hall–Kier alpha value is -0.650. The van der Waals surface area contributed by atoms with Gasteiger partial charge in [0.05, 0.1) is 19.3 Å². The largest absolute Gasteiger partial charge is 0.378 e. The first-order chi connectivity index (χ1) is 9.58. The second-order valence-electron chi connectivity index (χ2n) is 6.31. The lowest BCUT2D eigenvalue weighted by Gasteiger charge is -2.30. The summed E-state index contributed by atoms with van der Waals surface area (Å²) in [4.78, 5) is 16.7. The van der Waals surface area contributed by atoms with E-state index < -0.39 is 0 Å². The summed E-state index contributed by atoms with van der Waals surface area (Å²) in [7, 11) is 0. The van der Waals surface area contributed by atoms with Crippen molar-refractivity contribution in [3.8, 4) is 0 Å². The van der Waals surface area contributed by atoms with Gasteiger partial charge in [-0.15, -0.1) is 0 Å². The van der Waals surface area contributed by atoms with E-state index in [2.05, 4.69) is 24.1 Å². The number of morpholine rings is 1. The van der Waals surface area contributed by atoms with Crippen molar-refractivity contribution in [2.45, 2.75) is 39.3 Å². The fraction of sp³-hybridized carbons (Fsp3) is 0.933. The van der Waals surface area contributed by atoms with E-state index in [0.29, 0.717) is 25.2 Å². The Labute approximate surface area is 122 Å². The van der Waals surface area contributed by atoms with Crippen molar-refractivity contribution in [3.63, 3.8) is 0 Å². The van der Waals surface area contributed by atoms with Crippen LogP contribution in [0.15, 0.2) is 0 Å². The molecule has 2 fully saturated rings. The minimum Gasteiger partial charge on any atom is -0.378 e. The van der Waals surface area contributed by atoms with Gasteiger partial charge in [0.1, 0.15) is 0 Å². The smallest absolute Gasteiger partial charge is 0.239 e. The molecule has 0 aromatic heterocycles. The van der Waals surface area contributed by atoms with Crippen LogP contribution in [0.1, 0.15) is 27.2 Å². The van der Waals surface area contributed by atoms with Gasteiger partial charge >= 0.3 is 0 Å². The van der Waals surface area contributed by atoms with Crippen LogP contribution < -0.4 is 5.32 Å². The zero-order valence-corrected chi connectivity index (χ0v) is 13.1. The summed E-state index contributed by atoms with van der Waals surface area (Å²) in [6.45, 7) is 12.6. The number of carbonyl (C=O) groups is 1. The van der Waals surface area contributed by atoms with Crippen LogP contribution in [0.5, 0.6) is 0 Å². The maximum atomic E-state index is 12.3. The van der Waals surface area contributed by atoms with Crippen molar-refractivity contribution < 1.29 is 9.53 Å². The predicted octanol–water partition coefficient (Wildman–Crippen LogP) is 0.554. The van der Waals surface area contributed by atoms with Gasteiger partial charge in [-0.1, -0.05) is 0 Å². The normalized spacial score (nSPS) is 26.2. The first kappa shape index (κ1) is 15.7. The summed E-state index contributed by atoms with van der Waals surface area (Å²) >= 11 is 0. The molecule has 2 atom stereocenters. The molecule has 2 heterocycles. The first-order valence-corrected chi connectivity index (χ1v) is 7.92. The standard InChI is InChI=1S/C15H29N3O2/c1-12(2)18-5-4-14(11-18)10-16-13(3)15(19)17-6-8-20-9-7-17/h12-14,16H,4-11H2,1-3H3. The quantitative estimate of drug-likeness (QED) is 0.800. The first-order valence-electron chi connectivity index (χ1n) is 7.92. The van der Waals surface area contributed by atoms with Gasteiger partial charge in [-0.25, -0.2) is 0 Å². The van der Waals surface area contributed by atoms with Gasteiger partial charge < -0.3 is 19.9 Å². The van der Waals surface area contributed by atoms with E-state index in [1.165, 1.54) is 13.0 Å². The number of hydrogen-bond donors (Lipinski definition) is 1. The highest BCUT2D eigenvalue weighted by molar-refractivity contribution is 5.81. The molecule has 2 aliphatic rings. The summed E-state index contributed by atoms with van der Waals surface area (Å²) in [5, 5.41) is 3.42. The molecule has 5 heteroatoms. The highest BCUT2D eigenvalue weighted by atomic mass is 16.5. The molecule has 2 aliphatic heterocycles. The fourth-order valence-electron chi connectivity index (χ4n) is 2.99. The van der Waals surface area contributed by atoms with Crippen LogP contribution in [0.4, 0.5) is 0 Å². The Morgan fingerprint density at radius 2 is 1.95 bits per heavy atom. The summed E-state index contributed by atoms with van der Waals surface area (Å²) in [5.41, 5.74) is 0. The second kappa shape index (κ2) is 7.38. The second-order valence-corrected chi connectivity index (χ2v) is 6.31. The molecular formula is C15H29N3O2. The fourth-order valence-corrected chi connectivity index (χ4v) is 2.99. The molecule has 0 bridgehead atoms. The predicted molar refractivity (Wildman–Crippen MR) is 79.7 cm³/mol. The molecule has 0 aliphatic carbocycles. The SMILES string of the molecule is CC(NCC1CCN(C(C)C)C1)C(=O)N1CCOCC1. The highest BCUT2D eigenvalue weighted by Gasteiger charge is 2.26. The summed E-state index contributed by atoms with van der Waals surface area (Å²) in [5.74, 6) is 0.893. The minimum atomic E-state index is -0.0822. The van der Waals surface area contributed by atoms with Crippen LogP contribution in [0.3, 0.4) is 0 Å². The van der Waals surface area contributed by atoms with Gasteiger partial charge in [-0.05, 0) is 46.2 Å². The molecule has 2 saturated heterocycles. The van der Waals surface area contributed by atoms with E-state index in [1.807, 2.05) is 11.8 Å². The topological polar surface area (TPSA) is 44.8 Å². The Balaban J connectivity index is 1.69. The maximum absolute atomic E-state index is 12.3. The van der Waals surface area contributed by atoms with Gasteiger partial charge in [-0.3, -0.25) is 4.79 Å². The molecule has 0 aromatic rings. The van der Waals surface area contributed by atoms with Gasteiger partial charge in [0.15, 0.2) is 0 Å². The molecule has 5 nitrogen and oxygen atoms in total. The van der Waals surface area contributed by atoms with Gasteiger partial charge in [-0.2, -0.15) is 0 Å². The summed E-state index contributed by atoms with van der Waals surface area (Å²) in [6, 6.07) is 0.550. The molecule has 2 rings (SSSR count). The molecule has 1 amide bonds. The van der Waals surface area contributed by atoms with Crippen LogP contribution in [0.25, 0.3) is 0 Å². The van der Waals surface area contributed by atoms with Gasteiger partial charge in [0.25, 0.3) is 0 Å². The Kier molecular flexibility index (Phi) is 5.81. The molecule has 1 N–H and O–H groups in total. The summed E-state index contributed by atoms with van der Waals surface area (Å²) < 4.78 is 5.29. The molecule has 116 valence electrons. The van der Waals surface area contributed by atoms with E-state index in [4.69, 9.17) is 4.74 Å². The third kappa shape index (κ3) is 4.17. The third-order valence-corrected chi connectivity index (χ3v) is 4.45. The van der Waals surface area contributed by atoms with Gasteiger partial charge in [0.2, 0.25) is 5.91 Å². The lowest BCUT2D eigenvalue weighted by atomic mass is 10.1. The van der Waals surface area contributed by atoms with Crippen LogP contribution in [0.2, 0.25) is 0 Å². The lowest BCUT2D eigenvalue weighted by Crippen LogP contribution is -2.50. The molecule has 2 unspecified atom stereocenters. The zero-order valence-electron chi connectivity index (χ0n) is 13.1. The van der Waals surface area contributed by atoms with Crippen molar-refractivity contribution in [1.82, 2.24) is 15.1 Å². The molecule has 0 aromatic carbocycles. The molecular weight excluding hydrogens is 254 g/mol. The number of hydrogen-bond acceptors (Lipinski definition) is 4. The molecule has 0 spiro atoms. The number of nitrogens with zero attached hydrogens (tertiary/aromatic N) is 2. The number of amides is 1. The Morgan fingerprint density at radius 3 is 2.55 bits per heavy atom. The maximum Gasteiger partial charge on any atom is 0.239 e. The number of nitrogens with one attached hydrogen (secondary N) is 1. The average Bonchev–Trinajstić information content (AvgIpc) is 2.94. The number of ether oxygens (including phenoxy) is 1. The number of likely N-dealkylation sites (tertiary alicyclic amines) is 1. The monoisotopic (exact) mass is 283 g/mol.